The van der Waals surface area contributed by atoms with E-state index in [9.17, 15) is 18.0 Å². The fourth-order valence-electron chi connectivity index (χ4n) is 2.33. The Balaban J connectivity index is 1.90. The Hall–Kier alpha value is -1.92. The largest absolute Gasteiger partial charge is 0.496 e. The van der Waals surface area contributed by atoms with Gasteiger partial charge in [-0.2, -0.15) is 13.2 Å². The van der Waals surface area contributed by atoms with Crippen LogP contribution in [0.4, 0.5) is 18.0 Å². The summed E-state index contributed by atoms with van der Waals surface area (Å²) in [5.74, 6) is 0.738. The van der Waals surface area contributed by atoms with Crippen molar-refractivity contribution in [3.8, 4) is 5.75 Å². The lowest BCUT2D eigenvalue weighted by atomic mass is 10.1. The number of amides is 2. The van der Waals surface area contributed by atoms with Gasteiger partial charge in [0.15, 0.2) is 0 Å². The normalized spacial score (nSPS) is 17.5. The summed E-state index contributed by atoms with van der Waals surface area (Å²) in [5, 5.41) is 4.34. The summed E-state index contributed by atoms with van der Waals surface area (Å²) in [4.78, 5) is 11.4. The molecule has 2 amide bonds. The van der Waals surface area contributed by atoms with Gasteiger partial charge in [-0.05, 0) is 30.0 Å². The molecule has 0 spiro atoms. The molecule has 0 saturated heterocycles. The number of rotatable bonds is 3. The monoisotopic (exact) mass is 288 g/mol. The Morgan fingerprint density at radius 1 is 1.40 bits per heavy atom. The average molecular weight is 288 g/mol. The summed E-state index contributed by atoms with van der Waals surface area (Å²) in [6.45, 7) is -1.33. The van der Waals surface area contributed by atoms with E-state index in [-0.39, 0.29) is 6.04 Å². The minimum absolute atomic E-state index is 0.213. The van der Waals surface area contributed by atoms with Gasteiger partial charge >= 0.3 is 12.2 Å². The molecule has 1 aromatic carbocycles. The zero-order valence-electron chi connectivity index (χ0n) is 10.9. The number of benzene rings is 1. The van der Waals surface area contributed by atoms with Gasteiger partial charge in [-0.1, -0.05) is 12.1 Å². The fraction of sp³-hybridized carbons (Fsp3) is 0.462. The standard InChI is InChI=1S/C13H15F3N2O2/c1-20-11-4-2-3-8-5-9(6-10(8)11)18-12(19)17-7-13(14,15)16/h2-4,9H,5-7H2,1H3,(H2,17,18,19)/t9-/m1/s1. The SMILES string of the molecule is COc1cccc2c1C[C@H](NC(=O)NCC(F)(F)F)C2. The second kappa shape index (κ2) is 5.60. The maximum absolute atomic E-state index is 12.0. The topological polar surface area (TPSA) is 50.4 Å². The maximum atomic E-state index is 12.0. The highest BCUT2D eigenvalue weighted by molar-refractivity contribution is 5.74. The van der Waals surface area contributed by atoms with Crippen molar-refractivity contribution in [1.29, 1.82) is 0 Å². The Bertz CT molecular complexity index is 503. The molecule has 1 aliphatic rings. The molecule has 0 heterocycles. The first-order valence-corrected chi connectivity index (χ1v) is 6.15. The fourth-order valence-corrected chi connectivity index (χ4v) is 2.33. The van der Waals surface area contributed by atoms with E-state index in [0.29, 0.717) is 12.8 Å². The molecule has 0 aromatic heterocycles. The van der Waals surface area contributed by atoms with Crippen LogP contribution in [0.1, 0.15) is 11.1 Å². The Morgan fingerprint density at radius 2 is 2.15 bits per heavy atom. The lowest BCUT2D eigenvalue weighted by molar-refractivity contribution is -0.122. The number of urea groups is 1. The third-order valence-corrected chi connectivity index (χ3v) is 3.15. The molecule has 0 radical (unpaired) electrons. The van der Waals surface area contributed by atoms with Crippen LogP contribution < -0.4 is 15.4 Å². The van der Waals surface area contributed by atoms with Gasteiger partial charge in [0.1, 0.15) is 12.3 Å². The molecule has 7 heteroatoms. The van der Waals surface area contributed by atoms with Gasteiger partial charge in [-0.3, -0.25) is 0 Å². The molecule has 0 unspecified atom stereocenters. The van der Waals surface area contributed by atoms with Crippen LogP contribution >= 0.6 is 0 Å². The molecule has 20 heavy (non-hydrogen) atoms. The molecule has 0 saturated carbocycles. The number of ether oxygens (including phenoxy) is 1. The summed E-state index contributed by atoms with van der Waals surface area (Å²) in [6, 6.07) is 4.58. The van der Waals surface area contributed by atoms with Crippen LogP contribution in [0.15, 0.2) is 18.2 Å². The van der Waals surface area contributed by atoms with E-state index in [1.165, 1.54) is 0 Å². The van der Waals surface area contributed by atoms with Crippen LogP contribution in [-0.2, 0) is 12.8 Å². The third-order valence-electron chi connectivity index (χ3n) is 3.15. The molecule has 0 aliphatic heterocycles. The lowest BCUT2D eigenvalue weighted by Gasteiger charge is -2.14. The van der Waals surface area contributed by atoms with Crippen molar-refractivity contribution in [3.05, 3.63) is 29.3 Å². The molecule has 1 aliphatic carbocycles. The Morgan fingerprint density at radius 3 is 2.80 bits per heavy atom. The smallest absolute Gasteiger partial charge is 0.405 e. The van der Waals surface area contributed by atoms with E-state index >= 15 is 0 Å². The number of fused-ring (bicyclic) bond motifs is 1. The van der Waals surface area contributed by atoms with Crippen molar-refractivity contribution in [3.63, 3.8) is 0 Å². The number of alkyl halides is 3. The Labute approximate surface area is 114 Å². The van der Waals surface area contributed by atoms with Gasteiger partial charge < -0.3 is 15.4 Å². The van der Waals surface area contributed by atoms with E-state index in [0.717, 1.165) is 16.9 Å². The number of carbonyl (C=O) groups excluding carboxylic acids is 1. The van der Waals surface area contributed by atoms with Crippen molar-refractivity contribution < 1.29 is 22.7 Å². The molecule has 0 bridgehead atoms. The number of methoxy groups -OCH3 is 1. The number of nitrogens with one attached hydrogen (secondary N) is 2. The molecule has 4 nitrogen and oxygen atoms in total. The first-order chi connectivity index (χ1) is 9.39. The van der Waals surface area contributed by atoms with Crippen LogP contribution in [0.2, 0.25) is 0 Å². The molecule has 2 rings (SSSR count). The summed E-state index contributed by atoms with van der Waals surface area (Å²) in [5.41, 5.74) is 2.04. The van der Waals surface area contributed by atoms with Gasteiger partial charge in [0.25, 0.3) is 0 Å². The Kier molecular flexibility index (Phi) is 4.06. The zero-order chi connectivity index (χ0) is 14.8. The second-order valence-electron chi connectivity index (χ2n) is 4.65. The van der Waals surface area contributed by atoms with Gasteiger partial charge in [0.2, 0.25) is 0 Å². The lowest BCUT2D eigenvalue weighted by Crippen LogP contribution is -2.45. The molecule has 1 atom stereocenters. The van der Waals surface area contributed by atoms with Crippen LogP contribution in [-0.4, -0.2) is 31.9 Å². The van der Waals surface area contributed by atoms with Crippen LogP contribution in [0.25, 0.3) is 0 Å². The van der Waals surface area contributed by atoms with Crippen LogP contribution in [0.5, 0.6) is 5.75 Å². The third kappa shape index (κ3) is 3.55. The van der Waals surface area contributed by atoms with Crippen molar-refractivity contribution in [2.75, 3.05) is 13.7 Å². The molecule has 110 valence electrons. The highest BCUT2D eigenvalue weighted by Gasteiger charge is 2.29. The van der Waals surface area contributed by atoms with Gasteiger partial charge in [0.05, 0.1) is 7.11 Å². The van der Waals surface area contributed by atoms with E-state index in [1.54, 1.807) is 12.4 Å². The molecule has 1 aromatic rings. The van der Waals surface area contributed by atoms with Crippen molar-refractivity contribution in [2.45, 2.75) is 25.1 Å². The first kappa shape index (κ1) is 14.5. The van der Waals surface area contributed by atoms with Gasteiger partial charge in [-0.25, -0.2) is 4.79 Å². The van der Waals surface area contributed by atoms with Gasteiger partial charge in [0, 0.05) is 6.04 Å². The molecule has 2 N–H and O–H groups in total. The number of carbonyl (C=O) groups is 1. The average Bonchev–Trinajstić information content (AvgIpc) is 2.77. The predicted octanol–water partition coefficient (Wildman–Crippen LogP) is 2.02. The van der Waals surface area contributed by atoms with Gasteiger partial charge in [-0.15, -0.1) is 0 Å². The summed E-state index contributed by atoms with van der Waals surface area (Å²) >= 11 is 0. The summed E-state index contributed by atoms with van der Waals surface area (Å²) < 4.78 is 41.2. The van der Waals surface area contributed by atoms with Crippen molar-refractivity contribution in [2.24, 2.45) is 0 Å². The quantitative estimate of drug-likeness (QED) is 0.894. The minimum atomic E-state index is -4.40. The number of halogens is 3. The van der Waals surface area contributed by atoms with E-state index < -0.39 is 18.8 Å². The zero-order valence-corrected chi connectivity index (χ0v) is 10.9. The van der Waals surface area contributed by atoms with Crippen LogP contribution in [0.3, 0.4) is 0 Å². The van der Waals surface area contributed by atoms with E-state index in [1.807, 2.05) is 18.2 Å². The van der Waals surface area contributed by atoms with E-state index in [2.05, 4.69) is 5.32 Å². The predicted molar refractivity (Wildman–Crippen MR) is 66.8 cm³/mol. The molecular weight excluding hydrogens is 273 g/mol. The van der Waals surface area contributed by atoms with Crippen LogP contribution in [0, 0.1) is 0 Å². The van der Waals surface area contributed by atoms with E-state index in [4.69, 9.17) is 4.74 Å². The molecular formula is C13H15F3N2O2. The van der Waals surface area contributed by atoms with Crippen molar-refractivity contribution in [1.82, 2.24) is 10.6 Å². The first-order valence-electron chi connectivity index (χ1n) is 6.15. The highest BCUT2D eigenvalue weighted by atomic mass is 19.4. The highest BCUT2D eigenvalue weighted by Crippen LogP contribution is 2.30. The summed E-state index contributed by atoms with van der Waals surface area (Å²) in [7, 11) is 1.56. The van der Waals surface area contributed by atoms with Crippen molar-refractivity contribution >= 4 is 6.03 Å². The minimum Gasteiger partial charge on any atom is -0.496 e. The number of hydrogen-bond acceptors (Lipinski definition) is 2. The number of hydrogen-bond donors (Lipinski definition) is 2. The summed E-state index contributed by atoms with van der Waals surface area (Å²) in [6.07, 6.45) is -3.26. The maximum Gasteiger partial charge on any atom is 0.405 e. The molecule has 0 fully saturated rings. The second-order valence-corrected chi connectivity index (χ2v) is 4.65.